The summed E-state index contributed by atoms with van der Waals surface area (Å²) in [5.41, 5.74) is 0.533. The van der Waals surface area contributed by atoms with Crippen molar-refractivity contribution in [3.05, 3.63) is 33.0 Å². The van der Waals surface area contributed by atoms with E-state index in [-0.39, 0.29) is 23.3 Å². The van der Waals surface area contributed by atoms with E-state index in [0.717, 1.165) is 4.47 Å². The number of fused-ring (bicyclic) bond motifs is 1. The molecule has 6 nitrogen and oxygen atoms in total. The van der Waals surface area contributed by atoms with Crippen LogP contribution in [0.5, 0.6) is 0 Å². The van der Waals surface area contributed by atoms with Crippen LogP contribution >= 0.6 is 27.7 Å². The quantitative estimate of drug-likeness (QED) is 0.367. The fourth-order valence-electron chi connectivity index (χ4n) is 2.44. The topological polar surface area (TPSA) is 73.2 Å². The van der Waals surface area contributed by atoms with Gasteiger partial charge in [0.05, 0.1) is 16.7 Å². The molecule has 0 saturated carbocycles. The molecule has 0 aliphatic heterocycles. The predicted molar refractivity (Wildman–Crippen MR) is 109 cm³/mol. The van der Waals surface area contributed by atoms with Gasteiger partial charge in [0.1, 0.15) is 0 Å². The van der Waals surface area contributed by atoms with Crippen molar-refractivity contribution in [2.75, 3.05) is 19.0 Å². The largest absolute Gasteiger partial charge is 0.382 e. The van der Waals surface area contributed by atoms with Gasteiger partial charge in [0, 0.05) is 30.3 Å². The van der Waals surface area contributed by atoms with Crippen LogP contribution in [0.4, 0.5) is 0 Å². The fourth-order valence-corrected chi connectivity index (χ4v) is 3.64. The van der Waals surface area contributed by atoms with Crippen LogP contribution in [0.2, 0.25) is 0 Å². The molecule has 0 bridgehead atoms. The van der Waals surface area contributed by atoms with E-state index in [9.17, 15) is 9.59 Å². The minimum absolute atomic E-state index is 0.0731. The second-order valence-electron chi connectivity index (χ2n) is 6.07. The number of carbonyl (C=O) groups excluding carboxylic acids is 1. The molecular weight excluding hydrogens is 418 g/mol. The molecule has 0 aliphatic rings. The lowest BCUT2D eigenvalue weighted by atomic mass is 10.2. The highest BCUT2D eigenvalue weighted by Crippen LogP contribution is 2.20. The highest BCUT2D eigenvalue weighted by Gasteiger charge is 2.14. The first-order valence-corrected chi connectivity index (χ1v) is 10.4. The van der Waals surface area contributed by atoms with Gasteiger partial charge in [-0.25, -0.2) is 4.98 Å². The molecule has 1 N–H and O–H groups in total. The van der Waals surface area contributed by atoms with Crippen molar-refractivity contribution in [1.82, 2.24) is 14.9 Å². The average Bonchev–Trinajstić information content (AvgIpc) is 2.58. The predicted octanol–water partition coefficient (Wildman–Crippen LogP) is 3.20. The average molecular weight is 442 g/mol. The number of nitrogens with one attached hydrogen (secondary N) is 1. The van der Waals surface area contributed by atoms with Gasteiger partial charge >= 0.3 is 0 Å². The van der Waals surface area contributed by atoms with Crippen LogP contribution in [-0.2, 0) is 16.1 Å². The zero-order valence-electron chi connectivity index (χ0n) is 15.3. The summed E-state index contributed by atoms with van der Waals surface area (Å²) in [4.78, 5) is 29.5. The Hall–Kier alpha value is -1.38. The lowest BCUT2D eigenvalue weighted by molar-refractivity contribution is -0.119. The van der Waals surface area contributed by atoms with Crippen molar-refractivity contribution in [2.24, 2.45) is 0 Å². The van der Waals surface area contributed by atoms with Crippen LogP contribution in [-0.4, -0.2) is 40.5 Å². The Morgan fingerprint density at radius 1 is 1.42 bits per heavy atom. The summed E-state index contributed by atoms with van der Waals surface area (Å²) in [6.45, 7) is 7.50. The molecule has 2 aromatic rings. The molecule has 0 unspecified atom stereocenters. The van der Waals surface area contributed by atoms with Gasteiger partial charge in [-0.3, -0.25) is 14.2 Å². The first kappa shape index (κ1) is 20.9. The number of hydrogen-bond acceptors (Lipinski definition) is 5. The van der Waals surface area contributed by atoms with Crippen molar-refractivity contribution in [2.45, 2.75) is 44.9 Å². The maximum absolute atomic E-state index is 12.9. The molecule has 0 aliphatic carbocycles. The van der Waals surface area contributed by atoms with Gasteiger partial charge in [0.25, 0.3) is 5.56 Å². The summed E-state index contributed by atoms with van der Waals surface area (Å²) in [6, 6.07) is 5.53. The molecule has 0 atom stereocenters. The third kappa shape index (κ3) is 5.82. The summed E-state index contributed by atoms with van der Waals surface area (Å²) in [7, 11) is 0. The molecular formula is C18H24BrN3O3S. The number of aromatic nitrogens is 2. The Labute approximate surface area is 165 Å². The molecule has 2 rings (SSSR count). The first-order chi connectivity index (χ1) is 12.4. The van der Waals surface area contributed by atoms with E-state index in [1.54, 1.807) is 10.6 Å². The monoisotopic (exact) mass is 441 g/mol. The van der Waals surface area contributed by atoms with E-state index < -0.39 is 0 Å². The summed E-state index contributed by atoms with van der Waals surface area (Å²) < 4.78 is 7.84. The maximum atomic E-state index is 12.9. The van der Waals surface area contributed by atoms with E-state index in [1.807, 2.05) is 32.9 Å². The van der Waals surface area contributed by atoms with E-state index in [0.29, 0.717) is 42.2 Å². The number of thioether (sulfide) groups is 1. The van der Waals surface area contributed by atoms with Crippen molar-refractivity contribution < 1.29 is 9.53 Å². The second kappa shape index (κ2) is 10.1. The molecule has 8 heteroatoms. The van der Waals surface area contributed by atoms with Crippen molar-refractivity contribution in [1.29, 1.82) is 0 Å². The Balaban J connectivity index is 2.30. The molecule has 1 amide bonds. The van der Waals surface area contributed by atoms with Crippen LogP contribution in [0.1, 0.15) is 27.2 Å². The highest BCUT2D eigenvalue weighted by molar-refractivity contribution is 9.10. The minimum Gasteiger partial charge on any atom is -0.382 e. The van der Waals surface area contributed by atoms with Gasteiger partial charge in [0.2, 0.25) is 5.91 Å². The van der Waals surface area contributed by atoms with Crippen molar-refractivity contribution in [3.8, 4) is 0 Å². The molecule has 0 fully saturated rings. The molecule has 1 aromatic heterocycles. The summed E-state index contributed by atoms with van der Waals surface area (Å²) >= 11 is 4.68. The molecule has 0 spiro atoms. The minimum atomic E-state index is -0.0976. The molecule has 1 aromatic carbocycles. The molecule has 26 heavy (non-hydrogen) atoms. The second-order valence-corrected chi connectivity index (χ2v) is 7.93. The van der Waals surface area contributed by atoms with Gasteiger partial charge < -0.3 is 10.1 Å². The lowest BCUT2D eigenvalue weighted by Gasteiger charge is -2.14. The Morgan fingerprint density at radius 3 is 2.88 bits per heavy atom. The van der Waals surface area contributed by atoms with Gasteiger partial charge in [-0.15, -0.1) is 0 Å². The number of benzene rings is 1. The Morgan fingerprint density at radius 2 is 2.19 bits per heavy atom. The fraction of sp³-hybridized carbons (Fsp3) is 0.500. The summed E-state index contributed by atoms with van der Waals surface area (Å²) in [5, 5.41) is 3.97. The van der Waals surface area contributed by atoms with Crippen LogP contribution in [0.3, 0.4) is 0 Å². The lowest BCUT2D eigenvalue weighted by Crippen LogP contribution is -2.32. The Bertz CT molecular complexity index is 823. The third-order valence-electron chi connectivity index (χ3n) is 3.54. The smallest absolute Gasteiger partial charge is 0.262 e. The van der Waals surface area contributed by atoms with Crippen molar-refractivity contribution in [3.63, 3.8) is 0 Å². The van der Waals surface area contributed by atoms with E-state index >= 15 is 0 Å². The normalized spacial score (nSPS) is 11.3. The third-order valence-corrected chi connectivity index (χ3v) is 5.01. The standard InChI is InChI=1S/C18H24BrN3O3S/c1-4-25-9-5-8-22-17(24)14-10-13(19)6-7-15(14)21-18(22)26-11-16(23)20-12(2)3/h6-7,10,12H,4-5,8-9,11H2,1-3H3,(H,20,23). The zero-order valence-corrected chi connectivity index (χ0v) is 17.7. The number of halogens is 1. The molecule has 142 valence electrons. The van der Waals surface area contributed by atoms with Crippen LogP contribution in [0.25, 0.3) is 10.9 Å². The molecule has 1 heterocycles. The number of amides is 1. The number of carbonyl (C=O) groups is 1. The van der Waals surface area contributed by atoms with Crippen molar-refractivity contribution >= 4 is 44.5 Å². The first-order valence-electron chi connectivity index (χ1n) is 8.62. The van der Waals surface area contributed by atoms with Crippen LogP contribution < -0.4 is 10.9 Å². The van der Waals surface area contributed by atoms with Gasteiger partial charge in [0.15, 0.2) is 5.16 Å². The molecule has 0 saturated heterocycles. The van der Waals surface area contributed by atoms with E-state index in [2.05, 4.69) is 26.2 Å². The van der Waals surface area contributed by atoms with Crippen LogP contribution in [0, 0.1) is 0 Å². The van der Waals surface area contributed by atoms with Gasteiger partial charge in [-0.2, -0.15) is 0 Å². The van der Waals surface area contributed by atoms with E-state index in [1.165, 1.54) is 11.8 Å². The van der Waals surface area contributed by atoms with Crippen LogP contribution in [0.15, 0.2) is 32.6 Å². The summed E-state index contributed by atoms with van der Waals surface area (Å²) in [6.07, 6.45) is 0.709. The SMILES string of the molecule is CCOCCCn1c(SCC(=O)NC(C)C)nc2ccc(Br)cc2c1=O. The zero-order chi connectivity index (χ0) is 19.1. The number of hydrogen-bond donors (Lipinski definition) is 1. The van der Waals surface area contributed by atoms with Gasteiger partial charge in [-0.05, 0) is 45.4 Å². The highest BCUT2D eigenvalue weighted by atomic mass is 79.9. The maximum Gasteiger partial charge on any atom is 0.262 e. The number of rotatable bonds is 9. The van der Waals surface area contributed by atoms with Gasteiger partial charge in [-0.1, -0.05) is 27.7 Å². The number of ether oxygens (including phenoxy) is 1. The Kier molecular flexibility index (Phi) is 8.12. The summed E-state index contributed by atoms with van der Waals surface area (Å²) in [5.74, 6) is 0.147. The molecule has 0 radical (unpaired) electrons. The van der Waals surface area contributed by atoms with E-state index in [4.69, 9.17) is 4.74 Å². The number of nitrogens with zero attached hydrogens (tertiary/aromatic N) is 2.